The van der Waals surface area contributed by atoms with Gasteiger partial charge < -0.3 is 15.0 Å². The molecule has 0 aromatic heterocycles. The second-order valence-electron chi connectivity index (χ2n) is 6.30. The van der Waals surface area contributed by atoms with Gasteiger partial charge in [0, 0.05) is 19.2 Å². The highest BCUT2D eigenvalue weighted by Crippen LogP contribution is 2.35. The topological polar surface area (TPSA) is 85.7 Å². The largest absolute Gasteiger partial charge is 0.442 e. The Bertz CT molecular complexity index is 804. The van der Waals surface area contributed by atoms with Crippen molar-refractivity contribution in [2.24, 2.45) is 5.92 Å². The van der Waals surface area contributed by atoms with E-state index < -0.39 is 18.0 Å². The molecule has 0 bridgehead atoms. The highest BCUT2D eigenvalue weighted by Gasteiger charge is 2.33. The van der Waals surface area contributed by atoms with Gasteiger partial charge in [-0.25, -0.2) is 9.18 Å². The number of nitrogens with one attached hydrogen (secondary N) is 1. The zero-order valence-electron chi connectivity index (χ0n) is 14.4. The lowest BCUT2D eigenvalue weighted by atomic mass is 10.1. The number of ether oxygens (including phenoxy) is 1. The van der Waals surface area contributed by atoms with Crippen LogP contribution in [-0.2, 0) is 9.53 Å². The SMILES string of the molecule is C=C1C(C#N)CCN1c1ccc(N2C[C@H](CNC(C)=O)OC2=O)cc1F. The van der Waals surface area contributed by atoms with E-state index in [9.17, 15) is 14.0 Å². The van der Waals surface area contributed by atoms with Crippen LogP contribution < -0.4 is 15.1 Å². The Labute approximate surface area is 150 Å². The van der Waals surface area contributed by atoms with Crippen LogP contribution in [0, 0.1) is 23.1 Å². The number of carbonyl (C=O) groups excluding carboxylic acids is 2. The molecule has 1 unspecified atom stereocenters. The molecule has 0 spiro atoms. The maximum Gasteiger partial charge on any atom is 0.414 e. The van der Waals surface area contributed by atoms with E-state index in [-0.39, 0.29) is 24.9 Å². The molecule has 2 fully saturated rings. The third-order valence-electron chi connectivity index (χ3n) is 4.53. The van der Waals surface area contributed by atoms with Gasteiger partial charge in [0.15, 0.2) is 0 Å². The van der Waals surface area contributed by atoms with Crippen molar-refractivity contribution in [2.75, 3.05) is 29.4 Å². The van der Waals surface area contributed by atoms with Crippen LogP contribution in [-0.4, -0.2) is 37.7 Å². The number of cyclic esters (lactones) is 1. The lowest BCUT2D eigenvalue weighted by Crippen LogP contribution is -2.33. The van der Waals surface area contributed by atoms with Gasteiger partial charge in [0.1, 0.15) is 11.9 Å². The molecule has 0 aliphatic carbocycles. The molecule has 1 aromatic rings. The molecule has 0 saturated carbocycles. The Morgan fingerprint density at radius 2 is 2.27 bits per heavy atom. The smallest absolute Gasteiger partial charge is 0.414 e. The van der Waals surface area contributed by atoms with Crippen LogP contribution in [0.25, 0.3) is 0 Å². The summed E-state index contributed by atoms with van der Waals surface area (Å²) in [6.45, 7) is 6.22. The van der Waals surface area contributed by atoms with Crippen LogP contribution in [0.5, 0.6) is 0 Å². The summed E-state index contributed by atoms with van der Waals surface area (Å²) in [6, 6.07) is 6.63. The van der Waals surface area contributed by atoms with Gasteiger partial charge in [-0.3, -0.25) is 9.69 Å². The quantitative estimate of drug-likeness (QED) is 0.891. The first kappa shape index (κ1) is 17.7. The van der Waals surface area contributed by atoms with Gasteiger partial charge in [-0.15, -0.1) is 0 Å². The lowest BCUT2D eigenvalue weighted by Gasteiger charge is -2.22. The van der Waals surface area contributed by atoms with Crippen molar-refractivity contribution in [1.82, 2.24) is 5.32 Å². The van der Waals surface area contributed by atoms with Gasteiger partial charge in [0.25, 0.3) is 0 Å². The number of hydrogen-bond acceptors (Lipinski definition) is 5. The van der Waals surface area contributed by atoms with E-state index in [4.69, 9.17) is 10.00 Å². The predicted octanol–water partition coefficient (Wildman–Crippen LogP) is 2.15. The summed E-state index contributed by atoms with van der Waals surface area (Å²) in [7, 11) is 0. The van der Waals surface area contributed by atoms with Crippen molar-refractivity contribution in [3.8, 4) is 6.07 Å². The van der Waals surface area contributed by atoms with Crippen molar-refractivity contribution in [3.05, 3.63) is 36.3 Å². The summed E-state index contributed by atoms with van der Waals surface area (Å²) in [6.07, 6.45) is -0.452. The van der Waals surface area contributed by atoms with E-state index in [1.54, 1.807) is 17.0 Å². The van der Waals surface area contributed by atoms with E-state index in [2.05, 4.69) is 18.0 Å². The van der Waals surface area contributed by atoms with Crippen molar-refractivity contribution < 1.29 is 18.7 Å². The Balaban J connectivity index is 1.74. The second kappa shape index (κ2) is 7.04. The maximum absolute atomic E-state index is 14.6. The molecule has 7 nitrogen and oxygen atoms in total. The van der Waals surface area contributed by atoms with E-state index in [0.717, 1.165) is 0 Å². The van der Waals surface area contributed by atoms with Crippen molar-refractivity contribution in [3.63, 3.8) is 0 Å². The molecule has 26 heavy (non-hydrogen) atoms. The Hall–Kier alpha value is -3.08. The van der Waals surface area contributed by atoms with Gasteiger partial charge in [-0.05, 0) is 24.6 Å². The van der Waals surface area contributed by atoms with Crippen molar-refractivity contribution >= 4 is 23.4 Å². The fourth-order valence-electron chi connectivity index (χ4n) is 3.15. The van der Waals surface area contributed by atoms with E-state index in [0.29, 0.717) is 30.0 Å². The van der Waals surface area contributed by atoms with E-state index >= 15 is 0 Å². The number of benzene rings is 1. The summed E-state index contributed by atoms with van der Waals surface area (Å²) < 4.78 is 19.8. The number of hydrogen-bond donors (Lipinski definition) is 1. The molecule has 0 radical (unpaired) electrons. The monoisotopic (exact) mass is 358 g/mol. The Kier molecular flexibility index (Phi) is 4.80. The van der Waals surface area contributed by atoms with Crippen molar-refractivity contribution in [2.45, 2.75) is 19.4 Å². The molecule has 2 aliphatic rings. The van der Waals surface area contributed by atoms with Crippen LogP contribution in [0.15, 0.2) is 30.5 Å². The molecule has 2 amide bonds. The molecular weight excluding hydrogens is 339 g/mol. The molecule has 3 rings (SSSR count). The third kappa shape index (κ3) is 3.33. The molecule has 2 atom stereocenters. The number of rotatable bonds is 4. The number of halogens is 1. The average Bonchev–Trinajstić information content (AvgIpc) is 3.15. The molecule has 2 saturated heterocycles. The summed E-state index contributed by atoms with van der Waals surface area (Å²) in [5.41, 5.74) is 1.29. The number of amides is 2. The summed E-state index contributed by atoms with van der Waals surface area (Å²) in [5.74, 6) is -1.02. The first-order valence-electron chi connectivity index (χ1n) is 8.28. The second-order valence-corrected chi connectivity index (χ2v) is 6.30. The van der Waals surface area contributed by atoms with Gasteiger partial charge >= 0.3 is 6.09 Å². The molecular formula is C18H19FN4O3. The molecule has 2 heterocycles. The number of nitriles is 1. The molecule has 136 valence electrons. The molecule has 8 heteroatoms. The predicted molar refractivity (Wildman–Crippen MR) is 92.9 cm³/mol. The minimum atomic E-state index is -0.581. The van der Waals surface area contributed by atoms with Crippen LogP contribution in [0.3, 0.4) is 0 Å². The first-order chi connectivity index (χ1) is 12.4. The van der Waals surface area contributed by atoms with Gasteiger partial charge in [-0.2, -0.15) is 5.26 Å². The summed E-state index contributed by atoms with van der Waals surface area (Å²) in [4.78, 5) is 26.0. The molecule has 1 aromatic carbocycles. The van der Waals surface area contributed by atoms with E-state index in [1.807, 2.05) is 0 Å². The normalized spacial score (nSPS) is 22.3. The van der Waals surface area contributed by atoms with E-state index in [1.165, 1.54) is 17.9 Å². The van der Waals surface area contributed by atoms with Crippen molar-refractivity contribution in [1.29, 1.82) is 5.26 Å². The average molecular weight is 358 g/mol. The van der Waals surface area contributed by atoms with Gasteiger partial charge in [0.2, 0.25) is 5.91 Å². The Morgan fingerprint density at radius 1 is 1.50 bits per heavy atom. The number of nitrogens with zero attached hydrogens (tertiary/aromatic N) is 3. The lowest BCUT2D eigenvalue weighted by molar-refractivity contribution is -0.119. The first-order valence-corrected chi connectivity index (χ1v) is 8.28. The van der Waals surface area contributed by atoms with Crippen LogP contribution >= 0.6 is 0 Å². The molecule has 1 N–H and O–H groups in total. The standard InChI is InChI=1S/C18H19FN4O3/c1-11-13(8-20)5-6-22(11)17-4-3-14(7-16(17)19)23-10-15(26-18(23)25)9-21-12(2)24/h3-4,7,13,15H,1,5-6,9-10H2,2H3,(H,21,24)/t13?,15-/m0/s1. The molecule has 2 aliphatic heterocycles. The van der Waals surface area contributed by atoms with Gasteiger partial charge in [-0.1, -0.05) is 6.58 Å². The highest BCUT2D eigenvalue weighted by atomic mass is 19.1. The fourth-order valence-corrected chi connectivity index (χ4v) is 3.15. The Morgan fingerprint density at radius 3 is 2.88 bits per heavy atom. The van der Waals surface area contributed by atoms with Crippen LogP contribution in [0.2, 0.25) is 0 Å². The fraction of sp³-hybridized carbons (Fsp3) is 0.389. The minimum Gasteiger partial charge on any atom is -0.442 e. The maximum atomic E-state index is 14.6. The third-order valence-corrected chi connectivity index (χ3v) is 4.53. The summed E-state index contributed by atoms with van der Waals surface area (Å²) in [5, 5.41) is 11.7. The minimum absolute atomic E-state index is 0.210. The van der Waals surface area contributed by atoms with Crippen LogP contribution in [0.4, 0.5) is 20.6 Å². The van der Waals surface area contributed by atoms with Gasteiger partial charge in [0.05, 0.1) is 36.5 Å². The number of carbonyl (C=O) groups is 2. The zero-order chi connectivity index (χ0) is 18.8. The van der Waals surface area contributed by atoms with Crippen LogP contribution in [0.1, 0.15) is 13.3 Å². The number of anilines is 2. The number of allylic oxidation sites excluding steroid dienone is 1. The zero-order valence-corrected chi connectivity index (χ0v) is 14.4. The highest BCUT2D eigenvalue weighted by molar-refractivity contribution is 5.90. The summed E-state index contributed by atoms with van der Waals surface area (Å²) >= 11 is 0.